The Hall–Kier alpha value is -1.60. The lowest BCUT2D eigenvalue weighted by molar-refractivity contribution is -0.119. The predicted octanol–water partition coefficient (Wildman–Crippen LogP) is 3.73. The van der Waals surface area contributed by atoms with Gasteiger partial charge in [-0.2, -0.15) is 0 Å². The molecule has 0 bridgehead atoms. The molecule has 1 N–H and O–H groups in total. The second kappa shape index (κ2) is 6.72. The molecule has 4 rings (SSSR count). The first-order chi connectivity index (χ1) is 11.7. The van der Waals surface area contributed by atoms with Gasteiger partial charge in [0.1, 0.15) is 0 Å². The fourth-order valence-electron chi connectivity index (χ4n) is 3.36. The quantitative estimate of drug-likeness (QED) is 0.720. The van der Waals surface area contributed by atoms with Gasteiger partial charge >= 0.3 is 0 Å². The summed E-state index contributed by atoms with van der Waals surface area (Å²) >= 11 is 3.08. The first kappa shape index (κ1) is 15.9. The monoisotopic (exact) mass is 360 g/mol. The molecule has 0 saturated heterocycles. The molecule has 1 fully saturated rings. The lowest BCUT2D eigenvalue weighted by Gasteiger charge is -2.29. The van der Waals surface area contributed by atoms with Crippen LogP contribution >= 0.6 is 23.1 Å². The average molecular weight is 361 g/mol. The minimum atomic E-state index is 0.0926. The Labute approximate surface area is 148 Å². The summed E-state index contributed by atoms with van der Waals surface area (Å²) in [5.41, 5.74) is 1.10. The fraction of sp³-hybridized carbons (Fsp3) is 0.471. The van der Waals surface area contributed by atoms with Crippen molar-refractivity contribution in [3.8, 4) is 0 Å². The standard InChI is InChI=1S/C17H20N4OS2/c1-11-6-2-3-7-12(11)18-15(22)10-23-16-19-20-17-21(16)13-8-4-5-9-14(13)24-17/h4-5,8-9,11-12H,2-3,6-7,10H2,1H3,(H,18,22)/t11-,12-/m1/s1. The predicted molar refractivity (Wildman–Crippen MR) is 98.7 cm³/mol. The van der Waals surface area contributed by atoms with Crippen LogP contribution in [-0.4, -0.2) is 32.3 Å². The minimum Gasteiger partial charge on any atom is -0.352 e. The molecular formula is C17H20N4OS2. The third-order valence-electron chi connectivity index (χ3n) is 4.70. The highest BCUT2D eigenvalue weighted by Crippen LogP contribution is 2.29. The van der Waals surface area contributed by atoms with E-state index in [0.717, 1.165) is 22.1 Å². The van der Waals surface area contributed by atoms with Gasteiger partial charge in [-0.3, -0.25) is 9.20 Å². The normalized spacial score (nSPS) is 21.4. The van der Waals surface area contributed by atoms with Gasteiger partial charge in [0, 0.05) is 6.04 Å². The number of thioether (sulfide) groups is 1. The van der Waals surface area contributed by atoms with Crippen molar-refractivity contribution in [1.29, 1.82) is 0 Å². The van der Waals surface area contributed by atoms with Crippen molar-refractivity contribution in [3.63, 3.8) is 0 Å². The number of amides is 1. The zero-order chi connectivity index (χ0) is 16.5. The molecule has 1 aliphatic rings. The number of nitrogens with zero attached hydrogens (tertiary/aromatic N) is 3. The third kappa shape index (κ3) is 3.02. The number of thiazole rings is 1. The molecule has 1 aromatic carbocycles. The zero-order valence-electron chi connectivity index (χ0n) is 13.6. The van der Waals surface area contributed by atoms with Crippen LogP contribution in [0.5, 0.6) is 0 Å². The van der Waals surface area contributed by atoms with Gasteiger partial charge in [0.25, 0.3) is 0 Å². The number of fused-ring (bicyclic) bond motifs is 3. The molecule has 7 heteroatoms. The lowest BCUT2D eigenvalue weighted by atomic mass is 9.86. The van der Waals surface area contributed by atoms with Gasteiger partial charge in [0.2, 0.25) is 10.9 Å². The van der Waals surface area contributed by atoms with Crippen molar-refractivity contribution < 1.29 is 4.79 Å². The summed E-state index contributed by atoms with van der Waals surface area (Å²) in [4.78, 5) is 13.2. The molecule has 1 saturated carbocycles. The summed E-state index contributed by atoms with van der Waals surface area (Å²) < 4.78 is 3.23. The zero-order valence-corrected chi connectivity index (χ0v) is 15.2. The molecule has 126 valence electrons. The number of para-hydroxylation sites is 1. The Balaban J connectivity index is 1.45. The van der Waals surface area contributed by atoms with Gasteiger partial charge in [-0.05, 0) is 30.9 Å². The first-order valence-electron chi connectivity index (χ1n) is 8.37. The van der Waals surface area contributed by atoms with Gasteiger partial charge in [0.05, 0.1) is 16.0 Å². The molecule has 0 aliphatic heterocycles. The van der Waals surface area contributed by atoms with Crippen LogP contribution in [0, 0.1) is 5.92 Å². The number of hydrogen-bond donors (Lipinski definition) is 1. The molecule has 2 aromatic heterocycles. The number of nitrogens with one attached hydrogen (secondary N) is 1. The van der Waals surface area contributed by atoms with E-state index in [1.54, 1.807) is 11.3 Å². The number of rotatable bonds is 4. The molecule has 5 nitrogen and oxygen atoms in total. The van der Waals surface area contributed by atoms with Crippen molar-refractivity contribution in [1.82, 2.24) is 19.9 Å². The van der Waals surface area contributed by atoms with E-state index < -0.39 is 0 Å². The number of carbonyl (C=O) groups is 1. The van der Waals surface area contributed by atoms with Gasteiger partial charge in [-0.1, -0.05) is 55.0 Å². The van der Waals surface area contributed by atoms with Gasteiger partial charge in [0.15, 0.2) is 5.16 Å². The molecule has 1 aliphatic carbocycles. The summed E-state index contributed by atoms with van der Waals surface area (Å²) in [6.45, 7) is 2.23. The molecule has 0 radical (unpaired) electrons. The Morgan fingerprint density at radius 1 is 1.33 bits per heavy atom. The summed E-state index contributed by atoms with van der Waals surface area (Å²) in [5.74, 6) is 1.05. The second-order valence-electron chi connectivity index (χ2n) is 6.39. The van der Waals surface area contributed by atoms with E-state index in [1.165, 1.54) is 35.7 Å². The van der Waals surface area contributed by atoms with E-state index in [4.69, 9.17) is 0 Å². The summed E-state index contributed by atoms with van der Waals surface area (Å²) in [5, 5.41) is 12.5. The van der Waals surface area contributed by atoms with Crippen LogP contribution in [-0.2, 0) is 4.79 Å². The van der Waals surface area contributed by atoms with Crippen LogP contribution in [0.15, 0.2) is 29.4 Å². The molecule has 3 aromatic rings. The molecule has 2 heterocycles. The maximum Gasteiger partial charge on any atom is 0.230 e. The van der Waals surface area contributed by atoms with E-state index in [0.29, 0.717) is 17.7 Å². The summed E-state index contributed by atoms with van der Waals surface area (Å²) in [6, 6.07) is 8.51. The Morgan fingerprint density at radius 3 is 3.04 bits per heavy atom. The van der Waals surface area contributed by atoms with E-state index in [2.05, 4.69) is 34.6 Å². The highest BCUT2D eigenvalue weighted by Gasteiger charge is 2.23. The van der Waals surface area contributed by atoms with E-state index in [-0.39, 0.29) is 5.91 Å². The highest BCUT2D eigenvalue weighted by molar-refractivity contribution is 7.99. The van der Waals surface area contributed by atoms with Crippen molar-refractivity contribution >= 4 is 44.2 Å². The topological polar surface area (TPSA) is 59.3 Å². The molecule has 1 amide bonds. The van der Waals surface area contributed by atoms with Crippen LogP contribution in [0.1, 0.15) is 32.6 Å². The molecule has 24 heavy (non-hydrogen) atoms. The maximum atomic E-state index is 12.3. The van der Waals surface area contributed by atoms with Crippen LogP contribution in [0.25, 0.3) is 15.2 Å². The van der Waals surface area contributed by atoms with Gasteiger partial charge < -0.3 is 5.32 Å². The van der Waals surface area contributed by atoms with Crippen LogP contribution in [0.2, 0.25) is 0 Å². The van der Waals surface area contributed by atoms with E-state index in [1.807, 2.05) is 16.5 Å². The van der Waals surface area contributed by atoms with Gasteiger partial charge in [-0.25, -0.2) is 0 Å². The van der Waals surface area contributed by atoms with Gasteiger partial charge in [-0.15, -0.1) is 10.2 Å². The smallest absolute Gasteiger partial charge is 0.230 e. The fourth-order valence-corrected chi connectivity index (χ4v) is 5.14. The SMILES string of the molecule is C[C@@H]1CCCC[C@H]1NC(=O)CSc1nnc2sc3ccccc3n12. The van der Waals surface area contributed by atoms with Crippen molar-refractivity contribution in [3.05, 3.63) is 24.3 Å². The molecular weight excluding hydrogens is 340 g/mol. The number of hydrogen-bond acceptors (Lipinski definition) is 5. The second-order valence-corrected chi connectivity index (χ2v) is 8.35. The van der Waals surface area contributed by atoms with Crippen LogP contribution in [0.3, 0.4) is 0 Å². The summed E-state index contributed by atoms with van der Waals surface area (Å²) in [6.07, 6.45) is 4.81. The molecule has 0 unspecified atom stereocenters. The van der Waals surface area contributed by atoms with Crippen LogP contribution in [0.4, 0.5) is 0 Å². The maximum absolute atomic E-state index is 12.3. The Bertz CT molecular complexity index is 872. The third-order valence-corrected chi connectivity index (χ3v) is 6.64. The van der Waals surface area contributed by atoms with Crippen molar-refractivity contribution in [2.24, 2.45) is 5.92 Å². The first-order valence-corrected chi connectivity index (χ1v) is 10.2. The lowest BCUT2D eigenvalue weighted by Crippen LogP contribution is -2.41. The van der Waals surface area contributed by atoms with Crippen molar-refractivity contribution in [2.75, 3.05) is 5.75 Å². The largest absolute Gasteiger partial charge is 0.352 e. The number of carbonyl (C=O) groups excluding carboxylic acids is 1. The number of aromatic nitrogens is 3. The Kier molecular flexibility index (Phi) is 4.45. The highest BCUT2D eigenvalue weighted by atomic mass is 32.2. The van der Waals surface area contributed by atoms with Crippen LogP contribution < -0.4 is 5.32 Å². The summed E-state index contributed by atoms with van der Waals surface area (Å²) in [7, 11) is 0. The molecule has 0 spiro atoms. The average Bonchev–Trinajstić information content (AvgIpc) is 3.14. The molecule has 2 atom stereocenters. The van der Waals surface area contributed by atoms with E-state index >= 15 is 0 Å². The Morgan fingerprint density at radius 2 is 2.17 bits per heavy atom. The van der Waals surface area contributed by atoms with E-state index in [9.17, 15) is 4.79 Å². The number of benzene rings is 1. The van der Waals surface area contributed by atoms with Crippen molar-refractivity contribution in [2.45, 2.75) is 43.8 Å². The minimum absolute atomic E-state index is 0.0926.